The van der Waals surface area contributed by atoms with Crippen molar-refractivity contribution in [2.45, 2.75) is 6.61 Å². The van der Waals surface area contributed by atoms with Crippen LogP contribution in [0.1, 0.15) is 5.56 Å². The molecule has 0 unspecified atom stereocenters. The Morgan fingerprint density at radius 1 is 0.857 bits per heavy atom. The van der Waals surface area contributed by atoms with Crippen molar-refractivity contribution in [1.29, 1.82) is 0 Å². The van der Waals surface area contributed by atoms with Gasteiger partial charge >= 0.3 is 0 Å². The molecule has 1 aromatic heterocycles. The molecule has 2 aromatic carbocycles. The molecule has 0 spiro atoms. The summed E-state index contributed by atoms with van der Waals surface area (Å²) in [5.41, 5.74) is 2.28. The summed E-state index contributed by atoms with van der Waals surface area (Å²) in [4.78, 5) is 0. The maximum absolute atomic E-state index is 5.79. The summed E-state index contributed by atoms with van der Waals surface area (Å²) in [6, 6.07) is 22.3. The maximum atomic E-state index is 5.79. The Morgan fingerprint density at radius 2 is 1.52 bits per heavy atom. The molecule has 106 valence electrons. The molecular weight excluding hydrogens is 260 g/mol. The van der Waals surface area contributed by atoms with Crippen LogP contribution < -0.4 is 9.75 Å². The zero-order chi connectivity index (χ0) is 14.5. The number of hydrogen-bond donors (Lipinski definition) is 0. The summed E-state index contributed by atoms with van der Waals surface area (Å²) in [5.74, 6) is 0.878. The van der Waals surface area contributed by atoms with E-state index in [9.17, 15) is 0 Å². The van der Waals surface area contributed by atoms with Gasteiger partial charge in [-0.3, -0.25) is 9.69 Å². The summed E-state index contributed by atoms with van der Waals surface area (Å²) in [7, 11) is 2.03. The summed E-state index contributed by atoms with van der Waals surface area (Å²) in [5, 5.41) is 2.07. The van der Waals surface area contributed by atoms with Crippen LogP contribution in [0.15, 0.2) is 79.1 Å². The van der Waals surface area contributed by atoms with Gasteiger partial charge in [0.1, 0.15) is 12.4 Å². The lowest BCUT2D eigenvalue weighted by molar-refractivity contribution is 0.306. The fraction of sp³-hybridized carbons (Fsp3) is 0.111. The first-order chi connectivity index (χ1) is 10.3. The van der Waals surface area contributed by atoms with Crippen LogP contribution in [0.5, 0.6) is 5.75 Å². The molecule has 21 heavy (non-hydrogen) atoms. The van der Waals surface area contributed by atoms with Gasteiger partial charge in [0.05, 0.1) is 5.69 Å². The van der Waals surface area contributed by atoms with Gasteiger partial charge < -0.3 is 4.74 Å². The Bertz CT molecular complexity index is 660. The molecular formula is C18H18N2O. The molecule has 3 rings (SSSR count). The van der Waals surface area contributed by atoms with E-state index in [0.717, 1.165) is 11.4 Å². The number of aromatic nitrogens is 1. The summed E-state index contributed by atoms with van der Waals surface area (Å²) < 4.78 is 7.82. The Balaban J connectivity index is 1.64. The maximum Gasteiger partial charge on any atom is 0.119 e. The van der Waals surface area contributed by atoms with Gasteiger partial charge in [-0.05, 0) is 42.0 Å². The summed E-state index contributed by atoms with van der Waals surface area (Å²) >= 11 is 0. The van der Waals surface area contributed by atoms with Crippen LogP contribution in [0, 0.1) is 0 Å². The molecule has 0 aliphatic rings. The van der Waals surface area contributed by atoms with Gasteiger partial charge in [-0.2, -0.15) is 0 Å². The third-order valence-corrected chi connectivity index (χ3v) is 3.39. The third kappa shape index (κ3) is 3.26. The van der Waals surface area contributed by atoms with Gasteiger partial charge in [-0.1, -0.05) is 30.3 Å². The fourth-order valence-electron chi connectivity index (χ4n) is 2.16. The van der Waals surface area contributed by atoms with Crippen molar-refractivity contribution in [1.82, 2.24) is 4.68 Å². The van der Waals surface area contributed by atoms with E-state index in [4.69, 9.17) is 4.74 Å². The van der Waals surface area contributed by atoms with E-state index in [2.05, 4.69) is 29.3 Å². The van der Waals surface area contributed by atoms with E-state index in [0.29, 0.717) is 6.61 Å². The first kappa shape index (κ1) is 13.3. The number of benzene rings is 2. The molecule has 0 bridgehead atoms. The van der Waals surface area contributed by atoms with Gasteiger partial charge in [0.15, 0.2) is 0 Å². The van der Waals surface area contributed by atoms with Crippen molar-refractivity contribution >= 4 is 5.69 Å². The van der Waals surface area contributed by atoms with Crippen molar-refractivity contribution in [3.05, 3.63) is 84.7 Å². The summed E-state index contributed by atoms with van der Waals surface area (Å²) in [6.07, 6.45) is 4.03. The molecule has 0 N–H and O–H groups in total. The van der Waals surface area contributed by atoms with E-state index >= 15 is 0 Å². The number of hydrogen-bond acceptors (Lipinski definition) is 2. The van der Waals surface area contributed by atoms with E-state index in [1.165, 1.54) is 5.56 Å². The van der Waals surface area contributed by atoms with Crippen LogP contribution >= 0.6 is 0 Å². The Hall–Kier alpha value is -2.68. The Kier molecular flexibility index (Phi) is 3.92. The minimum atomic E-state index is 0.591. The van der Waals surface area contributed by atoms with Crippen LogP contribution in [0.25, 0.3) is 0 Å². The van der Waals surface area contributed by atoms with Crippen LogP contribution in [0.4, 0.5) is 5.69 Å². The second-order valence-corrected chi connectivity index (χ2v) is 4.85. The highest BCUT2D eigenvalue weighted by Crippen LogP contribution is 2.20. The van der Waals surface area contributed by atoms with Gasteiger partial charge in [-0.25, -0.2) is 0 Å². The average molecular weight is 278 g/mol. The molecule has 0 saturated carbocycles. The molecule has 0 aliphatic heterocycles. The smallest absolute Gasteiger partial charge is 0.119 e. The highest BCUT2D eigenvalue weighted by atomic mass is 16.5. The first-order valence-corrected chi connectivity index (χ1v) is 6.97. The van der Waals surface area contributed by atoms with Crippen LogP contribution in [0.2, 0.25) is 0 Å². The average Bonchev–Trinajstić information content (AvgIpc) is 3.08. The molecule has 3 heteroatoms. The van der Waals surface area contributed by atoms with Crippen molar-refractivity contribution in [2.24, 2.45) is 0 Å². The topological polar surface area (TPSA) is 17.4 Å². The highest BCUT2D eigenvalue weighted by molar-refractivity contribution is 5.48. The van der Waals surface area contributed by atoms with Crippen molar-refractivity contribution in [3.8, 4) is 5.75 Å². The molecule has 3 aromatic rings. The normalized spacial score (nSPS) is 10.3. The number of rotatable bonds is 5. The zero-order valence-corrected chi connectivity index (χ0v) is 12.0. The minimum Gasteiger partial charge on any atom is -0.489 e. The van der Waals surface area contributed by atoms with Crippen LogP contribution in [-0.2, 0) is 6.61 Å². The molecule has 3 nitrogen and oxygen atoms in total. The SMILES string of the molecule is CN(c1ccc(OCc2ccccc2)cc1)n1cccc1. The quantitative estimate of drug-likeness (QED) is 0.702. The lowest BCUT2D eigenvalue weighted by Gasteiger charge is -2.21. The summed E-state index contributed by atoms with van der Waals surface area (Å²) in [6.45, 7) is 0.591. The van der Waals surface area contributed by atoms with Crippen molar-refractivity contribution in [2.75, 3.05) is 12.1 Å². The molecule has 0 radical (unpaired) electrons. The Morgan fingerprint density at radius 3 is 2.19 bits per heavy atom. The molecule has 0 aliphatic carbocycles. The molecule has 0 saturated heterocycles. The highest BCUT2D eigenvalue weighted by Gasteiger charge is 2.02. The standard InChI is InChI=1S/C18H18N2O/c1-19(20-13-5-6-14-20)17-9-11-18(12-10-17)21-15-16-7-3-2-4-8-16/h2-14H,15H2,1H3. The number of ether oxygens (including phenoxy) is 1. The monoisotopic (exact) mass is 278 g/mol. The van der Waals surface area contributed by atoms with E-state index in [-0.39, 0.29) is 0 Å². The van der Waals surface area contributed by atoms with Gasteiger partial charge in [0.2, 0.25) is 0 Å². The number of anilines is 1. The largest absolute Gasteiger partial charge is 0.489 e. The molecule has 0 fully saturated rings. The van der Waals surface area contributed by atoms with Gasteiger partial charge in [0.25, 0.3) is 0 Å². The fourth-order valence-corrected chi connectivity index (χ4v) is 2.16. The van der Waals surface area contributed by atoms with Gasteiger partial charge in [-0.15, -0.1) is 0 Å². The van der Waals surface area contributed by atoms with Gasteiger partial charge in [0, 0.05) is 19.4 Å². The van der Waals surface area contributed by atoms with Crippen molar-refractivity contribution < 1.29 is 4.74 Å². The molecule has 0 amide bonds. The van der Waals surface area contributed by atoms with Crippen LogP contribution in [-0.4, -0.2) is 11.7 Å². The van der Waals surface area contributed by atoms with Crippen molar-refractivity contribution in [3.63, 3.8) is 0 Å². The van der Waals surface area contributed by atoms with E-state index in [1.807, 2.05) is 66.6 Å². The first-order valence-electron chi connectivity index (χ1n) is 6.97. The molecule has 0 atom stereocenters. The zero-order valence-electron chi connectivity index (χ0n) is 12.0. The Labute approximate surface area is 125 Å². The predicted octanol–water partition coefficient (Wildman–Crippen LogP) is 3.97. The predicted molar refractivity (Wildman–Crippen MR) is 85.4 cm³/mol. The molecule has 1 heterocycles. The number of nitrogens with zero attached hydrogens (tertiary/aromatic N) is 2. The lowest BCUT2D eigenvalue weighted by atomic mass is 10.2. The lowest BCUT2D eigenvalue weighted by Crippen LogP contribution is -2.22. The van der Waals surface area contributed by atoms with E-state index in [1.54, 1.807) is 0 Å². The second-order valence-electron chi connectivity index (χ2n) is 4.85. The van der Waals surface area contributed by atoms with E-state index < -0.39 is 0 Å². The van der Waals surface area contributed by atoms with Crippen LogP contribution in [0.3, 0.4) is 0 Å². The second kappa shape index (κ2) is 6.18. The minimum absolute atomic E-state index is 0.591. The third-order valence-electron chi connectivity index (χ3n) is 3.39.